The molecule has 1 heterocycles. The van der Waals surface area contributed by atoms with E-state index in [1.165, 1.54) is 31.0 Å². The normalized spacial score (nSPS) is 10.5. The van der Waals surface area contributed by atoms with Crippen LogP contribution in [0.1, 0.15) is 16.1 Å². The molecule has 0 unspecified atom stereocenters. The average molecular weight is 447 g/mol. The molecule has 0 bridgehead atoms. The van der Waals surface area contributed by atoms with Gasteiger partial charge in [-0.05, 0) is 42.0 Å². The van der Waals surface area contributed by atoms with Crippen LogP contribution in [0, 0.1) is 5.82 Å². The molecule has 0 aliphatic rings. The predicted molar refractivity (Wildman–Crippen MR) is 122 cm³/mol. The third-order valence-electron chi connectivity index (χ3n) is 4.87. The number of halogens is 1. The van der Waals surface area contributed by atoms with Crippen LogP contribution in [-0.4, -0.2) is 29.9 Å². The van der Waals surface area contributed by atoms with Crippen LogP contribution in [0.25, 0.3) is 5.69 Å². The van der Waals surface area contributed by atoms with E-state index in [4.69, 9.17) is 14.2 Å². The van der Waals surface area contributed by atoms with E-state index in [9.17, 15) is 9.18 Å². The van der Waals surface area contributed by atoms with Crippen LogP contribution < -0.4 is 19.5 Å². The Kier molecular flexibility index (Phi) is 6.54. The summed E-state index contributed by atoms with van der Waals surface area (Å²) in [6, 6.07) is 20.4. The molecule has 3 aromatic carbocycles. The number of nitrogens with one attached hydrogen (secondary N) is 1. The van der Waals surface area contributed by atoms with E-state index in [0.717, 1.165) is 5.56 Å². The van der Waals surface area contributed by atoms with E-state index >= 15 is 0 Å². The summed E-state index contributed by atoms with van der Waals surface area (Å²) in [5, 5.41) is 7.20. The van der Waals surface area contributed by atoms with Gasteiger partial charge in [0.2, 0.25) is 0 Å². The lowest BCUT2D eigenvalue weighted by Gasteiger charge is -2.10. The van der Waals surface area contributed by atoms with Crippen LogP contribution in [0.5, 0.6) is 17.2 Å². The molecule has 7 nitrogen and oxygen atoms in total. The Morgan fingerprint density at radius 2 is 1.67 bits per heavy atom. The number of rotatable bonds is 8. The zero-order valence-electron chi connectivity index (χ0n) is 18.1. The smallest absolute Gasteiger partial charge is 0.280 e. The van der Waals surface area contributed by atoms with Crippen LogP contribution in [0.15, 0.2) is 79.0 Å². The van der Waals surface area contributed by atoms with Crippen molar-refractivity contribution < 1.29 is 23.4 Å². The van der Waals surface area contributed by atoms with Crippen molar-refractivity contribution in [1.29, 1.82) is 0 Å². The van der Waals surface area contributed by atoms with Crippen LogP contribution in [0.4, 0.5) is 10.1 Å². The topological polar surface area (TPSA) is 74.6 Å². The minimum absolute atomic E-state index is 0.0880. The van der Waals surface area contributed by atoms with Crippen molar-refractivity contribution in [3.8, 4) is 22.9 Å². The monoisotopic (exact) mass is 447 g/mol. The summed E-state index contributed by atoms with van der Waals surface area (Å²) < 4.78 is 31.3. The van der Waals surface area contributed by atoms with Crippen LogP contribution in [0.2, 0.25) is 0 Å². The fraction of sp³-hybridized carbons (Fsp3) is 0.120. The maximum absolute atomic E-state index is 13.3. The third-order valence-corrected chi connectivity index (χ3v) is 4.87. The number of carbonyl (C=O) groups is 1. The first-order valence-electron chi connectivity index (χ1n) is 10.1. The van der Waals surface area contributed by atoms with Crippen molar-refractivity contribution in [3.63, 3.8) is 0 Å². The largest absolute Gasteiger partial charge is 0.493 e. The average Bonchev–Trinajstić information content (AvgIpc) is 3.28. The summed E-state index contributed by atoms with van der Waals surface area (Å²) in [6.07, 6.45) is 1.60. The number of carbonyl (C=O) groups excluding carboxylic acids is 1. The molecule has 0 radical (unpaired) electrons. The quantitative estimate of drug-likeness (QED) is 0.418. The second-order valence-corrected chi connectivity index (χ2v) is 7.06. The highest BCUT2D eigenvalue weighted by Crippen LogP contribution is 2.30. The van der Waals surface area contributed by atoms with Crippen molar-refractivity contribution in [1.82, 2.24) is 9.78 Å². The van der Waals surface area contributed by atoms with Crippen LogP contribution in [0.3, 0.4) is 0 Å². The number of aromatic nitrogens is 2. The van der Waals surface area contributed by atoms with Gasteiger partial charge in [0, 0.05) is 11.8 Å². The predicted octanol–water partition coefficient (Wildman–Crippen LogP) is 4.86. The molecule has 4 rings (SSSR count). The molecule has 8 heteroatoms. The fourth-order valence-electron chi connectivity index (χ4n) is 3.19. The summed E-state index contributed by atoms with van der Waals surface area (Å²) in [5.74, 6) is 0.487. The molecule has 0 fully saturated rings. The summed E-state index contributed by atoms with van der Waals surface area (Å²) >= 11 is 0. The molecule has 0 saturated heterocycles. The summed E-state index contributed by atoms with van der Waals surface area (Å²) in [7, 11) is 3.05. The SMILES string of the molecule is COc1ccc(NC(=O)c2nn(-c3ccc(F)cc3)cc2OCc2ccccc2)cc1OC. The number of benzene rings is 3. The van der Waals surface area contributed by atoms with Gasteiger partial charge in [-0.25, -0.2) is 9.07 Å². The number of nitrogens with zero attached hydrogens (tertiary/aromatic N) is 2. The van der Waals surface area contributed by atoms with E-state index < -0.39 is 5.91 Å². The molecule has 1 aromatic heterocycles. The highest BCUT2D eigenvalue weighted by atomic mass is 19.1. The number of amides is 1. The first kappa shape index (κ1) is 21.9. The summed E-state index contributed by atoms with van der Waals surface area (Å²) in [6.45, 7) is 0.257. The zero-order chi connectivity index (χ0) is 23.2. The molecule has 4 aromatic rings. The van der Waals surface area contributed by atoms with E-state index in [1.807, 2.05) is 30.3 Å². The molecule has 168 valence electrons. The molecule has 0 aliphatic carbocycles. The van der Waals surface area contributed by atoms with Gasteiger partial charge in [0.15, 0.2) is 22.9 Å². The van der Waals surface area contributed by atoms with E-state index in [0.29, 0.717) is 28.6 Å². The number of hydrogen-bond donors (Lipinski definition) is 1. The molecule has 0 saturated carbocycles. The Morgan fingerprint density at radius 1 is 0.939 bits per heavy atom. The summed E-state index contributed by atoms with van der Waals surface area (Å²) in [5.41, 5.74) is 2.12. The van der Waals surface area contributed by atoms with E-state index in [2.05, 4.69) is 10.4 Å². The molecule has 1 N–H and O–H groups in total. The highest BCUT2D eigenvalue weighted by molar-refractivity contribution is 6.04. The minimum Gasteiger partial charge on any atom is -0.493 e. The third kappa shape index (κ3) is 5.12. The van der Waals surface area contributed by atoms with Gasteiger partial charge in [0.1, 0.15) is 12.4 Å². The standard InChI is InChI=1S/C25H22FN3O4/c1-31-21-13-10-19(14-22(21)32-2)27-25(30)24-23(33-16-17-6-4-3-5-7-17)15-29(28-24)20-11-8-18(26)9-12-20/h3-15H,16H2,1-2H3,(H,27,30). The molecule has 0 atom stereocenters. The fourth-order valence-corrected chi connectivity index (χ4v) is 3.19. The maximum Gasteiger partial charge on any atom is 0.280 e. The van der Waals surface area contributed by atoms with Gasteiger partial charge < -0.3 is 19.5 Å². The second kappa shape index (κ2) is 9.86. The molecule has 0 spiro atoms. The van der Waals surface area contributed by atoms with Gasteiger partial charge in [0.05, 0.1) is 26.1 Å². The van der Waals surface area contributed by atoms with Gasteiger partial charge in [-0.3, -0.25) is 4.79 Å². The Labute approximate surface area is 190 Å². The van der Waals surface area contributed by atoms with Gasteiger partial charge in [-0.15, -0.1) is 0 Å². The number of ether oxygens (including phenoxy) is 3. The van der Waals surface area contributed by atoms with Crippen LogP contribution in [-0.2, 0) is 6.61 Å². The lowest BCUT2D eigenvalue weighted by molar-refractivity contribution is 0.101. The molecule has 1 amide bonds. The van der Waals surface area contributed by atoms with E-state index in [-0.39, 0.29) is 18.1 Å². The van der Waals surface area contributed by atoms with Gasteiger partial charge >= 0.3 is 0 Å². The second-order valence-electron chi connectivity index (χ2n) is 7.06. The maximum atomic E-state index is 13.3. The van der Waals surface area contributed by atoms with Crippen molar-refractivity contribution in [2.75, 3.05) is 19.5 Å². The summed E-state index contributed by atoms with van der Waals surface area (Å²) in [4.78, 5) is 13.1. The molecule has 33 heavy (non-hydrogen) atoms. The lowest BCUT2D eigenvalue weighted by Crippen LogP contribution is -2.14. The Hall–Kier alpha value is -4.33. The Balaban J connectivity index is 1.62. The molecular weight excluding hydrogens is 425 g/mol. The Morgan fingerprint density at radius 3 is 2.36 bits per heavy atom. The van der Waals surface area contributed by atoms with Crippen LogP contribution >= 0.6 is 0 Å². The van der Waals surface area contributed by atoms with Crippen molar-refractivity contribution in [3.05, 3.63) is 96.1 Å². The van der Waals surface area contributed by atoms with Crippen molar-refractivity contribution in [2.45, 2.75) is 6.61 Å². The van der Waals surface area contributed by atoms with E-state index in [1.54, 1.807) is 36.5 Å². The van der Waals surface area contributed by atoms with Crippen molar-refractivity contribution >= 4 is 11.6 Å². The molecular formula is C25H22FN3O4. The Bertz CT molecular complexity index is 1240. The van der Waals surface area contributed by atoms with Gasteiger partial charge in [-0.1, -0.05) is 30.3 Å². The zero-order valence-corrected chi connectivity index (χ0v) is 18.1. The lowest BCUT2D eigenvalue weighted by atomic mass is 10.2. The van der Waals surface area contributed by atoms with Gasteiger partial charge in [0.25, 0.3) is 5.91 Å². The minimum atomic E-state index is -0.467. The number of hydrogen-bond acceptors (Lipinski definition) is 5. The van der Waals surface area contributed by atoms with Gasteiger partial charge in [-0.2, -0.15) is 5.10 Å². The molecule has 0 aliphatic heterocycles. The first-order chi connectivity index (χ1) is 16.1. The number of methoxy groups -OCH3 is 2. The van der Waals surface area contributed by atoms with Crippen molar-refractivity contribution in [2.24, 2.45) is 0 Å². The first-order valence-corrected chi connectivity index (χ1v) is 10.1. The highest BCUT2D eigenvalue weighted by Gasteiger charge is 2.20. The number of anilines is 1.